The number of terminal acetylenes is 1. The minimum Gasteiger partial charge on any atom is -0.336 e. The van der Waals surface area contributed by atoms with Crippen molar-refractivity contribution in [3.8, 4) is 23.8 Å². The van der Waals surface area contributed by atoms with Gasteiger partial charge in [0.15, 0.2) is 0 Å². The number of hydrogen-bond acceptors (Lipinski definition) is 6. The van der Waals surface area contributed by atoms with Gasteiger partial charge in [0, 0.05) is 73.6 Å². The lowest BCUT2D eigenvalue weighted by Crippen LogP contribution is -2.55. The summed E-state index contributed by atoms with van der Waals surface area (Å²) in [5, 5.41) is 0. The molecule has 2 aliphatic heterocycles. The number of benzene rings is 4. The quantitative estimate of drug-likeness (QED) is 0.184. The van der Waals surface area contributed by atoms with Crippen LogP contribution in [0.25, 0.3) is 0 Å². The zero-order chi connectivity index (χ0) is 40.7. The van der Waals surface area contributed by atoms with Gasteiger partial charge in [-0.15, -0.1) is 12.0 Å². The van der Waals surface area contributed by atoms with E-state index in [1.807, 2.05) is 50.2 Å². The Morgan fingerprint density at radius 2 is 0.964 bits per heavy atom. The highest BCUT2D eigenvalue weighted by Crippen LogP contribution is 2.24. The van der Waals surface area contributed by atoms with E-state index in [4.69, 9.17) is 6.42 Å². The summed E-state index contributed by atoms with van der Waals surface area (Å²) in [6.45, 7) is 12.2. The van der Waals surface area contributed by atoms with Crippen LogP contribution in [0.2, 0.25) is 19.6 Å². The lowest BCUT2D eigenvalue weighted by Gasteiger charge is -2.39. The van der Waals surface area contributed by atoms with Gasteiger partial charge in [-0.05, 0) is 86.6 Å². The van der Waals surface area contributed by atoms with Crippen molar-refractivity contribution in [2.75, 3.05) is 39.3 Å². The second-order valence-corrected chi connectivity index (χ2v) is 23.4. The van der Waals surface area contributed by atoms with Crippen LogP contribution >= 0.6 is 0 Å². The van der Waals surface area contributed by atoms with Gasteiger partial charge in [-0.1, -0.05) is 67.9 Å². The Hall–Kier alpha value is -5.02. The second-order valence-electron chi connectivity index (χ2n) is 14.9. The van der Waals surface area contributed by atoms with E-state index in [0.717, 1.165) is 5.56 Å². The van der Waals surface area contributed by atoms with Gasteiger partial charge in [0.2, 0.25) is 20.0 Å². The first-order valence-corrected chi connectivity index (χ1v) is 24.8. The van der Waals surface area contributed by atoms with Crippen LogP contribution in [-0.2, 0) is 20.0 Å². The molecular formula is C43H48N4O6S2Si. The van der Waals surface area contributed by atoms with Crippen molar-refractivity contribution < 1.29 is 26.4 Å². The van der Waals surface area contributed by atoms with Crippen LogP contribution in [0.4, 0.5) is 0 Å². The largest absolute Gasteiger partial charge is 0.336 e. The lowest BCUT2D eigenvalue weighted by atomic mass is 10.1. The molecule has 6 rings (SSSR count). The van der Waals surface area contributed by atoms with Crippen molar-refractivity contribution in [2.45, 2.75) is 55.4 Å². The molecule has 4 aromatic rings. The summed E-state index contributed by atoms with van der Waals surface area (Å²) >= 11 is 0. The van der Waals surface area contributed by atoms with Gasteiger partial charge in [-0.2, -0.15) is 8.61 Å². The van der Waals surface area contributed by atoms with Gasteiger partial charge in [-0.3, -0.25) is 9.59 Å². The molecule has 2 fully saturated rings. The van der Waals surface area contributed by atoms with Crippen LogP contribution in [0.3, 0.4) is 0 Å². The highest BCUT2D eigenvalue weighted by Gasteiger charge is 2.36. The lowest BCUT2D eigenvalue weighted by molar-refractivity contribution is 0.0637. The van der Waals surface area contributed by atoms with Crippen LogP contribution in [0, 0.1) is 23.8 Å². The van der Waals surface area contributed by atoms with Crippen LogP contribution in [0.5, 0.6) is 0 Å². The Labute approximate surface area is 333 Å². The van der Waals surface area contributed by atoms with Crippen molar-refractivity contribution in [3.63, 3.8) is 0 Å². The molecule has 56 heavy (non-hydrogen) atoms. The Morgan fingerprint density at radius 3 is 1.30 bits per heavy atom. The highest BCUT2D eigenvalue weighted by atomic mass is 32.2. The molecule has 13 heteroatoms. The average molecular weight is 809 g/mol. The molecule has 0 aliphatic carbocycles. The first-order valence-electron chi connectivity index (χ1n) is 18.4. The van der Waals surface area contributed by atoms with Crippen LogP contribution in [-0.4, -0.2) is 106 Å². The average Bonchev–Trinajstić information content (AvgIpc) is 3.20. The van der Waals surface area contributed by atoms with E-state index in [-0.39, 0.29) is 46.8 Å². The fourth-order valence-electron chi connectivity index (χ4n) is 6.46. The van der Waals surface area contributed by atoms with E-state index < -0.39 is 28.1 Å². The number of rotatable bonds is 6. The van der Waals surface area contributed by atoms with Crippen molar-refractivity contribution >= 4 is 39.9 Å². The Kier molecular flexibility index (Phi) is 13.4. The Balaban J connectivity index is 0.000000216. The second kappa shape index (κ2) is 17.8. The first-order chi connectivity index (χ1) is 26.5. The standard InChI is InChI=1S/C23H28N2O3SSi.C20H20N2O3S/c1-19-18-24(23(26)21-8-6-5-7-9-21)15-16-25(19)29(27,28)22-12-10-20(11-13-22)14-17-30(2,3)4;1-3-17-9-11-19(12-10-17)26(24,25)22-14-13-21(15-16(22)2)20(23)18-7-5-4-6-8-18/h5-13,19H,15-16,18H2,1-4H3;1,4-12,16H,13-15H2,2H3/t19-;16-/m11/s1. The molecule has 0 radical (unpaired) electrons. The zero-order valence-electron chi connectivity index (χ0n) is 32.4. The van der Waals surface area contributed by atoms with E-state index in [2.05, 4.69) is 37.0 Å². The fourth-order valence-corrected chi connectivity index (χ4v) is 10.2. The topological polar surface area (TPSA) is 115 Å². The summed E-state index contributed by atoms with van der Waals surface area (Å²) in [6.07, 6.45) is 5.32. The minimum absolute atomic E-state index is 0.0650. The third-order valence-corrected chi connectivity index (χ3v) is 14.3. The van der Waals surface area contributed by atoms with Crippen molar-refractivity contribution in [2.24, 2.45) is 0 Å². The van der Waals surface area contributed by atoms with Gasteiger partial charge >= 0.3 is 0 Å². The molecule has 10 nitrogen and oxygen atoms in total. The number of hydrogen-bond donors (Lipinski definition) is 0. The van der Waals surface area contributed by atoms with Gasteiger partial charge in [-0.25, -0.2) is 16.8 Å². The summed E-state index contributed by atoms with van der Waals surface area (Å²) < 4.78 is 55.1. The number of nitrogens with zero attached hydrogens (tertiary/aromatic N) is 4. The fraction of sp³-hybridized carbons (Fsp3) is 0.302. The van der Waals surface area contributed by atoms with Crippen LogP contribution in [0.15, 0.2) is 119 Å². The molecule has 4 aromatic carbocycles. The minimum atomic E-state index is -3.63. The van der Waals surface area contributed by atoms with Crippen LogP contribution < -0.4 is 0 Å². The van der Waals surface area contributed by atoms with Crippen molar-refractivity contribution in [3.05, 3.63) is 131 Å². The molecule has 0 N–H and O–H groups in total. The third-order valence-electron chi connectivity index (χ3n) is 9.42. The summed E-state index contributed by atoms with van der Waals surface area (Å²) in [4.78, 5) is 29.2. The van der Waals surface area contributed by atoms with Gasteiger partial charge in [0.25, 0.3) is 11.8 Å². The van der Waals surface area contributed by atoms with Gasteiger partial charge in [0.1, 0.15) is 8.07 Å². The first kappa shape index (κ1) is 42.1. The molecule has 2 amide bonds. The molecule has 0 spiro atoms. The smallest absolute Gasteiger partial charge is 0.253 e. The molecule has 292 valence electrons. The monoisotopic (exact) mass is 808 g/mol. The molecule has 2 aliphatic rings. The maximum atomic E-state index is 13.2. The van der Waals surface area contributed by atoms with E-state index in [1.165, 1.54) is 20.7 Å². The highest BCUT2D eigenvalue weighted by molar-refractivity contribution is 7.89. The Bertz CT molecular complexity index is 2330. The number of piperazine rings is 2. The predicted octanol–water partition coefficient (Wildman–Crippen LogP) is 5.65. The predicted molar refractivity (Wildman–Crippen MR) is 222 cm³/mol. The number of carbonyl (C=O) groups is 2. The normalized spacial score (nSPS) is 18.1. The molecule has 2 atom stereocenters. The third kappa shape index (κ3) is 10.2. The van der Waals surface area contributed by atoms with Gasteiger partial charge in [0.05, 0.1) is 9.79 Å². The SMILES string of the molecule is C#Cc1ccc(S(=O)(=O)N2CCN(C(=O)c3ccccc3)C[C@H]2C)cc1.C[C@@H]1CN(C(=O)c2ccccc2)CCN1S(=O)(=O)c1ccc(C#C[Si](C)(C)C)cc1. The molecule has 0 unspecified atom stereocenters. The molecule has 2 heterocycles. The van der Waals surface area contributed by atoms with E-state index in [1.54, 1.807) is 70.5 Å². The molecule has 0 saturated carbocycles. The maximum Gasteiger partial charge on any atom is 0.253 e. The molecule has 0 aromatic heterocycles. The zero-order valence-corrected chi connectivity index (χ0v) is 35.1. The summed E-state index contributed by atoms with van der Waals surface area (Å²) in [5.41, 5.74) is 5.98. The molecular weight excluding hydrogens is 761 g/mol. The summed E-state index contributed by atoms with van der Waals surface area (Å²) in [7, 11) is -8.74. The van der Waals surface area contributed by atoms with E-state index in [0.29, 0.717) is 42.9 Å². The summed E-state index contributed by atoms with van der Waals surface area (Å²) in [6, 6.07) is 30.6. The molecule has 2 saturated heterocycles. The Morgan fingerprint density at radius 1 is 0.589 bits per heavy atom. The van der Waals surface area contributed by atoms with E-state index >= 15 is 0 Å². The number of amides is 2. The molecule has 0 bridgehead atoms. The number of carbonyl (C=O) groups excluding carboxylic acids is 2. The summed E-state index contributed by atoms with van der Waals surface area (Å²) in [5.74, 6) is 5.48. The van der Waals surface area contributed by atoms with E-state index in [9.17, 15) is 26.4 Å². The van der Waals surface area contributed by atoms with Crippen molar-refractivity contribution in [1.82, 2.24) is 18.4 Å². The van der Waals surface area contributed by atoms with Gasteiger partial charge < -0.3 is 9.80 Å². The van der Waals surface area contributed by atoms with Crippen LogP contribution in [0.1, 0.15) is 45.7 Å². The maximum absolute atomic E-state index is 13.2. The van der Waals surface area contributed by atoms with Crippen molar-refractivity contribution in [1.29, 1.82) is 0 Å². The number of sulfonamides is 2.